The summed E-state index contributed by atoms with van der Waals surface area (Å²) in [6, 6.07) is -0.464. The molecule has 7 nitrogen and oxygen atoms in total. The first-order valence-electron chi connectivity index (χ1n) is 7.63. The first-order chi connectivity index (χ1) is 9.97. The van der Waals surface area contributed by atoms with Gasteiger partial charge >= 0.3 is 12.1 Å². The number of rotatable bonds is 4. The Morgan fingerprint density at radius 3 is 2.57 bits per heavy atom. The van der Waals surface area contributed by atoms with Gasteiger partial charge in [-0.25, -0.2) is 9.59 Å². The molecule has 2 heterocycles. The second kappa shape index (κ2) is 6.32. The Kier molecular flexibility index (Phi) is 4.69. The molecule has 0 aromatic heterocycles. The van der Waals surface area contributed by atoms with Gasteiger partial charge in [-0.2, -0.15) is 0 Å². The minimum atomic E-state index is -0.845. The van der Waals surface area contributed by atoms with E-state index in [1.807, 2.05) is 0 Å². The molecular formula is C14H24N4O3. The molecule has 0 aromatic rings. The molecule has 0 bridgehead atoms. The van der Waals surface area contributed by atoms with Crippen molar-refractivity contribution < 1.29 is 14.4 Å². The Morgan fingerprint density at radius 2 is 2.05 bits per heavy atom. The van der Waals surface area contributed by atoms with Gasteiger partial charge in [-0.3, -0.25) is 10.1 Å². The van der Waals surface area contributed by atoms with E-state index in [9.17, 15) is 14.4 Å². The van der Waals surface area contributed by atoms with Crippen molar-refractivity contribution in [3.63, 3.8) is 0 Å². The van der Waals surface area contributed by atoms with Crippen molar-refractivity contribution in [2.45, 2.75) is 45.1 Å². The minimum absolute atomic E-state index is 0.0352. The van der Waals surface area contributed by atoms with Crippen LogP contribution in [0.2, 0.25) is 0 Å². The van der Waals surface area contributed by atoms with Crippen LogP contribution in [0.25, 0.3) is 0 Å². The lowest BCUT2D eigenvalue weighted by atomic mass is 9.79. The Labute approximate surface area is 124 Å². The van der Waals surface area contributed by atoms with Crippen molar-refractivity contribution >= 4 is 18.0 Å². The number of hydrogen-bond acceptors (Lipinski definition) is 3. The molecule has 0 spiro atoms. The number of nitrogens with zero attached hydrogens (tertiary/aromatic N) is 1. The number of hydrogen-bond donors (Lipinski definition) is 3. The van der Waals surface area contributed by atoms with Gasteiger partial charge in [0, 0.05) is 19.6 Å². The van der Waals surface area contributed by atoms with Crippen LogP contribution in [0.15, 0.2) is 0 Å². The molecule has 0 aliphatic carbocycles. The van der Waals surface area contributed by atoms with E-state index in [2.05, 4.69) is 22.9 Å². The largest absolute Gasteiger partial charge is 0.338 e. The average Bonchev–Trinajstić information content (AvgIpc) is 2.73. The molecule has 2 saturated heterocycles. The summed E-state index contributed by atoms with van der Waals surface area (Å²) in [6.45, 7) is 5.77. The van der Waals surface area contributed by atoms with E-state index >= 15 is 0 Å². The van der Waals surface area contributed by atoms with Gasteiger partial charge < -0.3 is 15.5 Å². The van der Waals surface area contributed by atoms with Crippen LogP contribution in [0.5, 0.6) is 0 Å². The van der Waals surface area contributed by atoms with Gasteiger partial charge in [-0.15, -0.1) is 0 Å². The highest BCUT2D eigenvalue weighted by Crippen LogP contribution is 2.30. The minimum Gasteiger partial charge on any atom is -0.338 e. The van der Waals surface area contributed by atoms with Crippen molar-refractivity contribution in [1.29, 1.82) is 0 Å². The van der Waals surface area contributed by atoms with Gasteiger partial charge in [0.1, 0.15) is 5.54 Å². The summed E-state index contributed by atoms with van der Waals surface area (Å²) in [6.07, 6.45) is 3.46. The zero-order valence-electron chi connectivity index (χ0n) is 12.7. The van der Waals surface area contributed by atoms with Crippen molar-refractivity contribution in [2.75, 3.05) is 19.6 Å². The van der Waals surface area contributed by atoms with Crippen LogP contribution >= 0.6 is 0 Å². The topological polar surface area (TPSA) is 90.5 Å². The SMILES string of the molecule is CCCCNC(=O)N1CCC([C@@]2(C)NC(=O)NC2=O)CC1. The number of carbonyl (C=O) groups is 3. The predicted molar refractivity (Wildman–Crippen MR) is 77.7 cm³/mol. The maximum atomic E-state index is 12.0. The smallest absolute Gasteiger partial charge is 0.322 e. The molecule has 0 aromatic carbocycles. The first-order valence-corrected chi connectivity index (χ1v) is 7.63. The summed E-state index contributed by atoms with van der Waals surface area (Å²) in [4.78, 5) is 37.0. The zero-order valence-corrected chi connectivity index (χ0v) is 12.7. The number of carbonyl (C=O) groups excluding carboxylic acids is 3. The molecule has 2 aliphatic rings. The predicted octanol–water partition coefficient (Wildman–Crippen LogP) is 0.806. The number of amides is 5. The van der Waals surface area contributed by atoms with E-state index in [-0.39, 0.29) is 17.9 Å². The fourth-order valence-corrected chi connectivity index (χ4v) is 2.99. The summed E-state index contributed by atoms with van der Waals surface area (Å²) in [5.41, 5.74) is -0.845. The molecule has 1 atom stereocenters. The van der Waals surface area contributed by atoms with E-state index in [1.54, 1.807) is 11.8 Å². The third-order valence-electron chi connectivity index (χ3n) is 4.48. The summed E-state index contributed by atoms with van der Waals surface area (Å²) in [5.74, 6) is -0.206. The van der Waals surface area contributed by atoms with Crippen LogP contribution < -0.4 is 16.0 Å². The van der Waals surface area contributed by atoms with Gasteiger partial charge in [0.15, 0.2) is 0 Å². The summed E-state index contributed by atoms with van der Waals surface area (Å²) >= 11 is 0. The number of urea groups is 2. The van der Waals surface area contributed by atoms with Crippen molar-refractivity contribution in [2.24, 2.45) is 5.92 Å². The molecule has 2 fully saturated rings. The highest BCUT2D eigenvalue weighted by molar-refractivity contribution is 6.06. The lowest BCUT2D eigenvalue weighted by Crippen LogP contribution is -2.55. The Balaban J connectivity index is 1.84. The molecule has 118 valence electrons. The normalized spacial score (nSPS) is 26.5. The highest BCUT2D eigenvalue weighted by atomic mass is 16.2. The number of nitrogens with one attached hydrogen (secondary N) is 3. The maximum Gasteiger partial charge on any atom is 0.322 e. The Hall–Kier alpha value is -1.79. The van der Waals surface area contributed by atoms with Gasteiger partial charge in [-0.05, 0) is 32.1 Å². The van der Waals surface area contributed by atoms with Gasteiger partial charge in [0.05, 0.1) is 0 Å². The van der Waals surface area contributed by atoms with Crippen molar-refractivity contribution in [3.05, 3.63) is 0 Å². The standard InChI is InChI=1S/C14H24N4O3/c1-3-4-7-15-13(21)18-8-5-10(6-9-18)14(2)11(19)16-12(20)17-14/h10H,3-9H2,1-2H3,(H,15,21)(H2,16,17,19,20)/t14-/m1/s1. The van der Waals surface area contributed by atoms with Gasteiger partial charge in [0.2, 0.25) is 0 Å². The van der Waals surface area contributed by atoms with E-state index in [1.165, 1.54) is 0 Å². The van der Waals surface area contributed by atoms with E-state index in [4.69, 9.17) is 0 Å². The molecule has 2 aliphatic heterocycles. The second-order valence-corrected chi connectivity index (χ2v) is 5.96. The highest BCUT2D eigenvalue weighted by Gasteiger charge is 2.48. The second-order valence-electron chi connectivity index (χ2n) is 5.96. The molecule has 0 unspecified atom stereocenters. The third kappa shape index (κ3) is 3.28. The molecule has 0 saturated carbocycles. The summed E-state index contributed by atoms with van der Waals surface area (Å²) in [7, 11) is 0. The van der Waals surface area contributed by atoms with E-state index < -0.39 is 11.6 Å². The van der Waals surface area contributed by atoms with Crippen LogP contribution in [0.1, 0.15) is 39.5 Å². The first kappa shape index (κ1) is 15.6. The molecule has 5 amide bonds. The Morgan fingerprint density at radius 1 is 1.38 bits per heavy atom. The summed E-state index contributed by atoms with van der Waals surface area (Å²) in [5, 5.41) is 7.91. The summed E-state index contributed by atoms with van der Waals surface area (Å²) < 4.78 is 0. The Bertz CT molecular complexity index is 432. The fraction of sp³-hybridized carbons (Fsp3) is 0.786. The van der Waals surface area contributed by atoms with E-state index in [0.29, 0.717) is 32.5 Å². The lowest BCUT2D eigenvalue weighted by molar-refractivity contribution is -0.125. The van der Waals surface area contributed by atoms with Crippen LogP contribution in [0.4, 0.5) is 9.59 Å². The van der Waals surface area contributed by atoms with Crippen LogP contribution in [0, 0.1) is 5.92 Å². The number of unbranched alkanes of at least 4 members (excludes halogenated alkanes) is 1. The quantitative estimate of drug-likeness (QED) is 0.529. The van der Waals surface area contributed by atoms with Crippen LogP contribution in [0.3, 0.4) is 0 Å². The van der Waals surface area contributed by atoms with E-state index in [0.717, 1.165) is 12.8 Å². The number of likely N-dealkylation sites (tertiary alicyclic amines) is 1. The molecule has 3 N–H and O–H groups in total. The average molecular weight is 296 g/mol. The third-order valence-corrected chi connectivity index (χ3v) is 4.48. The molecule has 21 heavy (non-hydrogen) atoms. The molecule has 2 rings (SSSR count). The monoisotopic (exact) mass is 296 g/mol. The lowest BCUT2D eigenvalue weighted by Gasteiger charge is -2.38. The molecule has 0 radical (unpaired) electrons. The van der Waals surface area contributed by atoms with Gasteiger partial charge in [0.25, 0.3) is 5.91 Å². The maximum absolute atomic E-state index is 12.0. The van der Waals surface area contributed by atoms with Crippen molar-refractivity contribution in [3.8, 4) is 0 Å². The molecular weight excluding hydrogens is 272 g/mol. The molecule has 7 heteroatoms. The number of piperidine rings is 1. The zero-order chi connectivity index (χ0) is 15.5. The fourth-order valence-electron chi connectivity index (χ4n) is 2.99. The number of imide groups is 1. The van der Waals surface area contributed by atoms with Gasteiger partial charge in [-0.1, -0.05) is 13.3 Å². The van der Waals surface area contributed by atoms with Crippen molar-refractivity contribution in [1.82, 2.24) is 20.9 Å². The van der Waals surface area contributed by atoms with Crippen LogP contribution in [-0.4, -0.2) is 48.0 Å². The van der Waals surface area contributed by atoms with Crippen LogP contribution in [-0.2, 0) is 4.79 Å².